The van der Waals surface area contributed by atoms with Crippen molar-refractivity contribution < 1.29 is 22.3 Å². The van der Waals surface area contributed by atoms with Crippen molar-refractivity contribution >= 4 is 21.6 Å². The highest BCUT2D eigenvalue weighted by molar-refractivity contribution is 7.89. The van der Waals surface area contributed by atoms with Gasteiger partial charge in [-0.05, 0) is 37.5 Å². The quantitative estimate of drug-likeness (QED) is 0.869. The standard InChI is InChI=1S/C12H15FN2O4S/c13-8-4-5-11(20(14,17)18)9(7-8)15-12(16)10-3-1-2-6-19-10/h4-5,7,10H,1-3,6H2,(H,15,16)(H2,14,17,18). The average Bonchev–Trinajstić information content (AvgIpc) is 2.38. The maximum Gasteiger partial charge on any atom is 0.253 e. The van der Waals surface area contributed by atoms with Gasteiger partial charge in [0.1, 0.15) is 16.8 Å². The molecule has 3 N–H and O–H groups in total. The van der Waals surface area contributed by atoms with Crippen LogP contribution in [0.5, 0.6) is 0 Å². The van der Waals surface area contributed by atoms with Crippen molar-refractivity contribution in [3.8, 4) is 0 Å². The number of sulfonamides is 1. The number of carbonyl (C=O) groups is 1. The summed E-state index contributed by atoms with van der Waals surface area (Å²) >= 11 is 0. The van der Waals surface area contributed by atoms with Gasteiger partial charge in [-0.1, -0.05) is 0 Å². The third kappa shape index (κ3) is 3.53. The van der Waals surface area contributed by atoms with Crippen molar-refractivity contribution in [2.75, 3.05) is 11.9 Å². The number of hydrogen-bond acceptors (Lipinski definition) is 4. The molecule has 0 aromatic heterocycles. The monoisotopic (exact) mass is 302 g/mol. The fourth-order valence-electron chi connectivity index (χ4n) is 2.01. The number of ether oxygens (including phenoxy) is 1. The minimum Gasteiger partial charge on any atom is -0.368 e. The molecule has 1 aromatic carbocycles. The first kappa shape index (κ1) is 14.9. The number of primary sulfonamides is 1. The van der Waals surface area contributed by atoms with E-state index in [2.05, 4.69) is 5.32 Å². The Morgan fingerprint density at radius 3 is 2.75 bits per heavy atom. The third-order valence-electron chi connectivity index (χ3n) is 2.98. The smallest absolute Gasteiger partial charge is 0.253 e. The molecule has 0 radical (unpaired) electrons. The molecular weight excluding hydrogens is 287 g/mol. The molecule has 20 heavy (non-hydrogen) atoms. The van der Waals surface area contributed by atoms with Crippen molar-refractivity contribution in [1.82, 2.24) is 0 Å². The van der Waals surface area contributed by atoms with Gasteiger partial charge in [-0.15, -0.1) is 0 Å². The Kier molecular flexibility index (Phi) is 4.36. The van der Waals surface area contributed by atoms with E-state index in [9.17, 15) is 17.6 Å². The summed E-state index contributed by atoms with van der Waals surface area (Å²) < 4.78 is 41.3. The number of carbonyl (C=O) groups excluding carboxylic acids is 1. The van der Waals surface area contributed by atoms with Gasteiger partial charge in [0, 0.05) is 6.61 Å². The largest absolute Gasteiger partial charge is 0.368 e. The molecule has 0 aliphatic carbocycles. The lowest BCUT2D eigenvalue weighted by Crippen LogP contribution is -2.33. The van der Waals surface area contributed by atoms with Crippen LogP contribution in [0.3, 0.4) is 0 Å². The van der Waals surface area contributed by atoms with Crippen LogP contribution in [-0.4, -0.2) is 27.0 Å². The molecular formula is C12H15FN2O4S. The van der Waals surface area contributed by atoms with Crippen LogP contribution in [0.1, 0.15) is 19.3 Å². The lowest BCUT2D eigenvalue weighted by molar-refractivity contribution is -0.129. The van der Waals surface area contributed by atoms with E-state index in [-0.39, 0.29) is 10.6 Å². The number of rotatable bonds is 3. The van der Waals surface area contributed by atoms with E-state index in [0.29, 0.717) is 13.0 Å². The zero-order chi connectivity index (χ0) is 14.8. The van der Waals surface area contributed by atoms with E-state index >= 15 is 0 Å². The van der Waals surface area contributed by atoms with Crippen LogP contribution in [-0.2, 0) is 19.6 Å². The Hall–Kier alpha value is -1.51. The van der Waals surface area contributed by atoms with Gasteiger partial charge in [-0.3, -0.25) is 4.79 Å². The second-order valence-electron chi connectivity index (χ2n) is 4.53. The average molecular weight is 302 g/mol. The molecule has 1 fully saturated rings. The van der Waals surface area contributed by atoms with E-state index < -0.39 is 27.9 Å². The van der Waals surface area contributed by atoms with Gasteiger partial charge in [-0.2, -0.15) is 0 Å². The van der Waals surface area contributed by atoms with E-state index in [1.807, 2.05) is 0 Å². The van der Waals surface area contributed by atoms with Gasteiger partial charge in [0.25, 0.3) is 5.91 Å². The van der Waals surface area contributed by atoms with Gasteiger partial charge >= 0.3 is 0 Å². The van der Waals surface area contributed by atoms with Crippen molar-refractivity contribution in [3.05, 3.63) is 24.0 Å². The summed E-state index contributed by atoms with van der Waals surface area (Å²) in [5.41, 5.74) is -0.174. The molecule has 1 saturated heterocycles. The minimum atomic E-state index is -4.05. The molecule has 1 amide bonds. The summed E-state index contributed by atoms with van der Waals surface area (Å²) in [6.07, 6.45) is 1.63. The van der Waals surface area contributed by atoms with Crippen LogP contribution in [0, 0.1) is 5.82 Å². The maximum absolute atomic E-state index is 13.2. The van der Waals surface area contributed by atoms with Crippen molar-refractivity contribution in [2.45, 2.75) is 30.3 Å². The predicted molar refractivity (Wildman–Crippen MR) is 70.0 cm³/mol. The first-order valence-electron chi connectivity index (χ1n) is 6.13. The highest BCUT2D eigenvalue weighted by Crippen LogP contribution is 2.22. The second-order valence-corrected chi connectivity index (χ2v) is 6.06. The molecule has 1 heterocycles. The molecule has 0 spiro atoms. The Morgan fingerprint density at radius 2 is 2.15 bits per heavy atom. The first-order valence-corrected chi connectivity index (χ1v) is 7.67. The van der Waals surface area contributed by atoms with Crippen LogP contribution < -0.4 is 10.5 Å². The zero-order valence-electron chi connectivity index (χ0n) is 10.6. The van der Waals surface area contributed by atoms with E-state index in [4.69, 9.17) is 9.88 Å². The lowest BCUT2D eigenvalue weighted by Gasteiger charge is -2.22. The SMILES string of the molecule is NS(=O)(=O)c1ccc(F)cc1NC(=O)C1CCCCO1. The van der Waals surface area contributed by atoms with Gasteiger partial charge in [-0.25, -0.2) is 17.9 Å². The predicted octanol–water partition coefficient (Wildman–Crippen LogP) is 0.981. The third-order valence-corrected chi connectivity index (χ3v) is 3.95. The molecule has 0 saturated carbocycles. The first-order chi connectivity index (χ1) is 9.38. The molecule has 1 aliphatic heterocycles. The maximum atomic E-state index is 13.2. The fraction of sp³-hybridized carbons (Fsp3) is 0.417. The van der Waals surface area contributed by atoms with E-state index in [0.717, 1.165) is 31.0 Å². The Morgan fingerprint density at radius 1 is 1.40 bits per heavy atom. The van der Waals surface area contributed by atoms with Gasteiger partial charge < -0.3 is 10.1 Å². The summed E-state index contributed by atoms with van der Waals surface area (Å²) in [5, 5.41) is 7.39. The normalized spacial score (nSPS) is 19.6. The van der Waals surface area contributed by atoms with Gasteiger partial charge in [0.2, 0.25) is 10.0 Å². The van der Waals surface area contributed by atoms with Crippen LogP contribution in [0.2, 0.25) is 0 Å². The number of amides is 1. The summed E-state index contributed by atoms with van der Waals surface area (Å²) in [6, 6.07) is 2.90. The van der Waals surface area contributed by atoms with Crippen LogP contribution in [0.15, 0.2) is 23.1 Å². The van der Waals surface area contributed by atoms with Crippen molar-refractivity contribution in [3.63, 3.8) is 0 Å². The van der Waals surface area contributed by atoms with Crippen molar-refractivity contribution in [2.24, 2.45) is 5.14 Å². The topological polar surface area (TPSA) is 98.5 Å². The Labute approximate surface area is 116 Å². The Bertz CT molecular complexity index is 612. The molecule has 2 rings (SSSR count). The highest BCUT2D eigenvalue weighted by atomic mass is 32.2. The molecule has 1 unspecified atom stereocenters. The van der Waals surface area contributed by atoms with Crippen LogP contribution >= 0.6 is 0 Å². The second kappa shape index (κ2) is 5.86. The Balaban J connectivity index is 2.23. The highest BCUT2D eigenvalue weighted by Gasteiger charge is 2.24. The summed E-state index contributed by atoms with van der Waals surface area (Å²) in [7, 11) is -4.05. The van der Waals surface area contributed by atoms with Gasteiger partial charge in [0.05, 0.1) is 5.69 Å². The van der Waals surface area contributed by atoms with Crippen LogP contribution in [0.25, 0.3) is 0 Å². The molecule has 0 bridgehead atoms. The fourth-order valence-corrected chi connectivity index (χ4v) is 2.68. The summed E-state index contributed by atoms with van der Waals surface area (Å²) in [4.78, 5) is 11.6. The van der Waals surface area contributed by atoms with E-state index in [1.165, 1.54) is 0 Å². The number of benzene rings is 1. The summed E-state index contributed by atoms with van der Waals surface area (Å²) in [6.45, 7) is 0.475. The number of anilines is 1. The molecule has 110 valence electrons. The minimum absolute atomic E-state index is 0.174. The molecule has 6 nitrogen and oxygen atoms in total. The lowest BCUT2D eigenvalue weighted by atomic mass is 10.1. The zero-order valence-corrected chi connectivity index (χ0v) is 11.5. The number of halogens is 1. The number of nitrogens with one attached hydrogen (secondary N) is 1. The van der Waals surface area contributed by atoms with Crippen LogP contribution in [0.4, 0.5) is 10.1 Å². The molecule has 1 atom stereocenters. The number of nitrogens with two attached hydrogens (primary N) is 1. The van der Waals surface area contributed by atoms with Gasteiger partial charge in [0.15, 0.2) is 0 Å². The summed E-state index contributed by atoms with van der Waals surface area (Å²) in [5.74, 6) is -1.17. The molecule has 8 heteroatoms. The van der Waals surface area contributed by atoms with E-state index in [1.54, 1.807) is 0 Å². The molecule has 1 aromatic rings. The molecule has 1 aliphatic rings. The van der Waals surface area contributed by atoms with Crippen molar-refractivity contribution in [1.29, 1.82) is 0 Å². The number of hydrogen-bond donors (Lipinski definition) is 2.